The van der Waals surface area contributed by atoms with Crippen LogP contribution >= 0.6 is 11.8 Å². The van der Waals surface area contributed by atoms with Crippen molar-refractivity contribution in [3.05, 3.63) is 59.2 Å². The Morgan fingerprint density at radius 1 is 1.09 bits per heavy atom. The highest BCUT2D eigenvalue weighted by molar-refractivity contribution is 8.01. The maximum absolute atomic E-state index is 13.0. The van der Waals surface area contributed by atoms with E-state index in [1.807, 2.05) is 25.1 Å². The molecule has 1 unspecified atom stereocenters. The first-order valence-electron chi connectivity index (χ1n) is 10.7. The molecule has 2 amide bonds. The molecule has 2 aromatic rings. The summed E-state index contributed by atoms with van der Waals surface area (Å²) in [4.78, 5) is 27.0. The highest BCUT2D eigenvalue weighted by atomic mass is 32.2. The molecule has 0 spiro atoms. The number of nitrogens with one attached hydrogen (secondary N) is 1. The van der Waals surface area contributed by atoms with Crippen LogP contribution in [0.2, 0.25) is 0 Å². The van der Waals surface area contributed by atoms with E-state index in [1.54, 1.807) is 18.7 Å². The Morgan fingerprint density at radius 3 is 2.30 bits per heavy atom. The van der Waals surface area contributed by atoms with E-state index in [9.17, 15) is 27.9 Å². The number of benzene rings is 2. The number of carbonyl (C=O) groups excluding carboxylic acids is 1. The molecule has 33 heavy (non-hydrogen) atoms. The van der Waals surface area contributed by atoms with Gasteiger partial charge in [0.15, 0.2) is 0 Å². The maximum atomic E-state index is 13.0. The van der Waals surface area contributed by atoms with Gasteiger partial charge >= 0.3 is 18.2 Å². The van der Waals surface area contributed by atoms with Crippen LogP contribution in [-0.2, 0) is 23.8 Å². The van der Waals surface area contributed by atoms with Gasteiger partial charge in [-0.05, 0) is 80.6 Å². The number of amides is 2. The molecule has 2 aromatic carbocycles. The highest BCUT2D eigenvalue weighted by Gasteiger charge is 2.33. The van der Waals surface area contributed by atoms with Gasteiger partial charge in [-0.2, -0.15) is 13.2 Å². The number of thioether (sulfide) groups is 1. The van der Waals surface area contributed by atoms with Crippen LogP contribution in [0.15, 0.2) is 47.4 Å². The van der Waals surface area contributed by atoms with Gasteiger partial charge in [0, 0.05) is 23.2 Å². The molecule has 1 aliphatic carbocycles. The van der Waals surface area contributed by atoms with Crippen LogP contribution in [0.1, 0.15) is 43.9 Å². The van der Waals surface area contributed by atoms with Crippen LogP contribution in [0.3, 0.4) is 0 Å². The fraction of sp³-hybridized carbons (Fsp3) is 0.417. The lowest BCUT2D eigenvalue weighted by Crippen LogP contribution is -2.43. The zero-order chi connectivity index (χ0) is 24.4. The summed E-state index contributed by atoms with van der Waals surface area (Å²) in [6.45, 7) is 5.79. The standard InChI is InChI=1S/C24H27F3N2O3S/c1-4-11-29(22(32)28-18-8-6-17(7-9-18)24(25,26)27)19-12-15-5-10-20(14-16(15)13-19)33-23(2,3)21(30)31/h5-10,14,19H,4,11-13H2,1-3H3,(H,28,32)(H,30,31). The summed E-state index contributed by atoms with van der Waals surface area (Å²) in [6.07, 6.45) is -2.38. The SMILES string of the molecule is CCCN(C(=O)Nc1ccc(C(F)(F)F)cc1)C1Cc2ccc(SC(C)(C)C(=O)O)cc2C1. The van der Waals surface area contributed by atoms with Gasteiger partial charge in [0.25, 0.3) is 0 Å². The van der Waals surface area contributed by atoms with E-state index in [1.165, 1.54) is 23.9 Å². The van der Waals surface area contributed by atoms with Crippen molar-refractivity contribution >= 4 is 29.4 Å². The second-order valence-corrected chi connectivity index (χ2v) is 10.3. The third-order valence-electron chi connectivity index (χ3n) is 5.61. The van der Waals surface area contributed by atoms with E-state index in [2.05, 4.69) is 5.32 Å². The van der Waals surface area contributed by atoms with Crippen LogP contribution in [0.5, 0.6) is 0 Å². The topological polar surface area (TPSA) is 69.6 Å². The summed E-state index contributed by atoms with van der Waals surface area (Å²) < 4.78 is 37.4. The van der Waals surface area contributed by atoms with Crippen LogP contribution in [0.4, 0.5) is 23.7 Å². The Balaban J connectivity index is 1.71. The van der Waals surface area contributed by atoms with Crippen LogP contribution in [0.25, 0.3) is 0 Å². The summed E-state index contributed by atoms with van der Waals surface area (Å²) >= 11 is 1.28. The van der Waals surface area contributed by atoms with Gasteiger partial charge in [0.2, 0.25) is 0 Å². The summed E-state index contributed by atoms with van der Waals surface area (Å²) in [5.74, 6) is -0.889. The van der Waals surface area contributed by atoms with Gasteiger partial charge in [0.05, 0.1) is 5.56 Å². The molecule has 0 saturated heterocycles. The number of carbonyl (C=O) groups is 2. The average molecular weight is 481 g/mol. The fourth-order valence-corrected chi connectivity index (χ4v) is 4.84. The summed E-state index contributed by atoms with van der Waals surface area (Å²) in [5.41, 5.74) is 1.73. The molecule has 0 heterocycles. The first-order valence-corrected chi connectivity index (χ1v) is 11.5. The molecule has 0 fully saturated rings. The number of carboxylic acid groups (broad SMARTS) is 1. The fourth-order valence-electron chi connectivity index (χ4n) is 3.82. The van der Waals surface area contributed by atoms with Gasteiger partial charge in [-0.25, -0.2) is 4.79 Å². The van der Waals surface area contributed by atoms with Crippen molar-refractivity contribution < 1.29 is 27.9 Å². The molecule has 1 aliphatic rings. The van der Waals surface area contributed by atoms with Crippen molar-refractivity contribution in [1.82, 2.24) is 4.90 Å². The zero-order valence-electron chi connectivity index (χ0n) is 18.7. The molecule has 9 heteroatoms. The first-order chi connectivity index (χ1) is 15.4. The minimum atomic E-state index is -4.43. The third-order valence-corrected chi connectivity index (χ3v) is 6.78. The number of fused-ring (bicyclic) bond motifs is 1. The monoisotopic (exact) mass is 480 g/mol. The van der Waals surface area contributed by atoms with Gasteiger partial charge < -0.3 is 15.3 Å². The van der Waals surface area contributed by atoms with Crippen LogP contribution < -0.4 is 5.32 Å². The van der Waals surface area contributed by atoms with Crippen molar-refractivity contribution in [3.8, 4) is 0 Å². The van der Waals surface area contributed by atoms with Crippen molar-refractivity contribution in [1.29, 1.82) is 0 Å². The summed E-state index contributed by atoms with van der Waals surface area (Å²) in [6, 6.07) is 9.84. The van der Waals surface area contributed by atoms with Gasteiger partial charge in [-0.15, -0.1) is 11.8 Å². The average Bonchev–Trinajstić information content (AvgIpc) is 3.14. The zero-order valence-corrected chi connectivity index (χ0v) is 19.5. The minimum Gasteiger partial charge on any atom is -0.480 e. The van der Waals surface area contributed by atoms with E-state index in [4.69, 9.17) is 0 Å². The molecular formula is C24H27F3N2O3S. The van der Waals surface area contributed by atoms with Gasteiger partial charge in [-0.3, -0.25) is 4.79 Å². The number of anilines is 1. The van der Waals surface area contributed by atoms with Gasteiger partial charge in [0.1, 0.15) is 4.75 Å². The molecule has 2 N–H and O–H groups in total. The molecule has 0 aromatic heterocycles. The number of carboxylic acids is 1. The number of aliphatic carboxylic acids is 1. The van der Waals surface area contributed by atoms with E-state index in [0.717, 1.165) is 34.6 Å². The number of rotatable bonds is 7. The molecule has 3 rings (SSSR count). The normalized spacial score (nSPS) is 15.8. The first kappa shape index (κ1) is 25.0. The van der Waals surface area contributed by atoms with Crippen molar-refractivity contribution in [2.24, 2.45) is 0 Å². The van der Waals surface area contributed by atoms with Gasteiger partial charge in [-0.1, -0.05) is 13.0 Å². The summed E-state index contributed by atoms with van der Waals surface area (Å²) in [7, 11) is 0. The van der Waals surface area contributed by atoms with Crippen LogP contribution in [0, 0.1) is 0 Å². The molecule has 0 aliphatic heterocycles. The second kappa shape index (κ2) is 9.67. The Hall–Kier alpha value is -2.68. The van der Waals surface area contributed by atoms with Crippen molar-refractivity contribution in [2.75, 3.05) is 11.9 Å². The van der Waals surface area contributed by atoms with E-state index >= 15 is 0 Å². The number of urea groups is 1. The third kappa shape index (κ3) is 6.01. The molecule has 0 bridgehead atoms. The number of alkyl halides is 3. The lowest BCUT2D eigenvalue weighted by molar-refractivity contribution is -0.139. The van der Waals surface area contributed by atoms with Crippen molar-refractivity contribution in [3.63, 3.8) is 0 Å². The van der Waals surface area contributed by atoms with E-state index < -0.39 is 22.5 Å². The quantitative estimate of drug-likeness (QED) is 0.472. The molecular weight excluding hydrogens is 453 g/mol. The maximum Gasteiger partial charge on any atom is 0.416 e. The van der Waals surface area contributed by atoms with Crippen molar-refractivity contribution in [2.45, 2.75) is 61.9 Å². The summed E-state index contributed by atoms with van der Waals surface area (Å²) in [5, 5.41) is 12.1. The smallest absolute Gasteiger partial charge is 0.416 e. The Bertz CT molecular complexity index is 1020. The molecule has 5 nitrogen and oxygen atoms in total. The number of hydrogen-bond donors (Lipinski definition) is 2. The molecule has 0 radical (unpaired) electrons. The second-order valence-electron chi connectivity index (χ2n) is 8.61. The minimum absolute atomic E-state index is 0.0814. The Morgan fingerprint density at radius 2 is 1.73 bits per heavy atom. The molecule has 1 atom stereocenters. The largest absolute Gasteiger partial charge is 0.480 e. The number of nitrogens with zero attached hydrogens (tertiary/aromatic N) is 1. The predicted molar refractivity (Wildman–Crippen MR) is 123 cm³/mol. The van der Waals surface area contributed by atoms with E-state index in [0.29, 0.717) is 25.1 Å². The van der Waals surface area contributed by atoms with E-state index in [-0.39, 0.29) is 12.1 Å². The lowest BCUT2D eigenvalue weighted by Gasteiger charge is -2.29. The number of halogens is 3. The number of hydrogen-bond acceptors (Lipinski definition) is 3. The Kier molecular flexibility index (Phi) is 7.31. The lowest BCUT2D eigenvalue weighted by atomic mass is 10.1. The highest BCUT2D eigenvalue weighted by Crippen LogP contribution is 2.36. The van der Waals surface area contributed by atoms with Crippen LogP contribution in [-0.4, -0.2) is 39.3 Å². The predicted octanol–water partition coefficient (Wildman–Crippen LogP) is 6.07. The molecule has 178 valence electrons. The molecule has 0 saturated carbocycles. The Labute approximate surface area is 195 Å².